The van der Waals surface area contributed by atoms with Gasteiger partial charge in [0.25, 0.3) is 0 Å². The van der Waals surface area contributed by atoms with Crippen LogP contribution in [0.25, 0.3) is 10.9 Å². The zero-order chi connectivity index (χ0) is 19.0. The fraction of sp³-hybridized carbons (Fsp3) is 0.158. The molecule has 0 saturated carbocycles. The monoisotopic (exact) mass is 391 g/mol. The summed E-state index contributed by atoms with van der Waals surface area (Å²) in [7, 11) is 1.42. The van der Waals surface area contributed by atoms with Crippen LogP contribution in [0.3, 0.4) is 0 Å². The number of benzene rings is 2. The number of aliphatic carboxylic acids is 1. The molecule has 0 amide bonds. The van der Waals surface area contributed by atoms with Gasteiger partial charge in [-0.1, -0.05) is 23.2 Å². The molecule has 1 heterocycles. The first kappa shape index (κ1) is 18.3. The van der Waals surface area contributed by atoms with Gasteiger partial charge >= 0.3 is 5.97 Å². The fourth-order valence-corrected chi connectivity index (χ4v) is 3.45. The summed E-state index contributed by atoms with van der Waals surface area (Å²) in [6, 6.07) is 8.07. The van der Waals surface area contributed by atoms with Crippen LogP contribution in [0.5, 0.6) is 5.75 Å². The van der Waals surface area contributed by atoms with Crippen LogP contribution in [-0.2, 0) is 11.2 Å². The number of aromatic amines is 1. The number of H-pyrrole nitrogens is 1. The van der Waals surface area contributed by atoms with E-state index in [4.69, 9.17) is 27.9 Å². The van der Waals surface area contributed by atoms with Crippen molar-refractivity contribution in [3.63, 3.8) is 0 Å². The van der Waals surface area contributed by atoms with Crippen molar-refractivity contribution in [3.05, 3.63) is 62.8 Å². The Morgan fingerprint density at radius 3 is 2.42 bits per heavy atom. The number of halogens is 2. The number of nitrogens with one attached hydrogen (secondary N) is 1. The van der Waals surface area contributed by atoms with Crippen LogP contribution in [0.4, 0.5) is 0 Å². The van der Waals surface area contributed by atoms with E-state index < -0.39 is 5.97 Å². The smallest absolute Gasteiger partial charge is 0.307 e. The quantitative estimate of drug-likeness (QED) is 0.620. The Morgan fingerprint density at radius 1 is 1.19 bits per heavy atom. The Hall–Kier alpha value is -2.50. The zero-order valence-electron chi connectivity index (χ0n) is 14.0. The van der Waals surface area contributed by atoms with E-state index in [1.54, 1.807) is 37.3 Å². The van der Waals surface area contributed by atoms with Crippen LogP contribution in [0.15, 0.2) is 30.3 Å². The van der Waals surface area contributed by atoms with Crippen molar-refractivity contribution in [1.82, 2.24) is 4.98 Å². The molecule has 3 aromatic rings. The number of aromatic nitrogens is 1. The summed E-state index contributed by atoms with van der Waals surface area (Å²) in [4.78, 5) is 27.6. The summed E-state index contributed by atoms with van der Waals surface area (Å²) in [5, 5.41) is 10.5. The maximum atomic E-state index is 13.2. The van der Waals surface area contributed by atoms with Crippen molar-refractivity contribution >= 4 is 45.9 Å². The van der Waals surface area contributed by atoms with Gasteiger partial charge in [-0.3, -0.25) is 9.59 Å². The maximum absolute atomic E-state index is 13.2. The minimum Gasteiger partial charge on any atom is -0.494 e. The minimum absolute atomic E-state index is 0.213. The number of carbonyl (C=O) groups is 2. The molecule has 2 N–H and O–H groups in total. The van der Waals surface area contributed by atoms with Crippen LogP contribution in [0, 0.1) is 6.92 Å². The largest absolute Gasteiger partial charge is 0.494 e. The van der Waals surface area contributed by atoms with E-state index in [2.05, 4.69) is 4.98 Å². The number of carboxylic acids is 1. The molecule has 0 saturated heterocycles. The second kappa shape index (κ2) is 7.02. The van der Waals surface area contributed by atoms with Gasteiger partial charge < -0.3 is 14.8 Å². The average Bonchev–Trinajstić information content (AvgIpc) is 2.88. The molecular weight excluding hydrogens is 377 g/mol. The lowest BCUT2D eigenvalue weighted by molar-refractivity contribution is -0.136. The highest BCUT2D eigenvalue weighted by Crippen LogP contribution is 2.39. The normalized spacial score (nSPS) is 10.9. The third-order valence-corrected chi connectivity index (χ3v) is 4.71. The third-order valence-electron chi connectivity index (χ3n) is 4.18. The molecule has 3 rings (SSSR count). The van der Waals surface area contributed by atoms with Crippen LogP contribution in [-0.4, -0.2) is 29.0 Å². The fourth-order valence-electron chi connectivity index (χ4n) is 3.04. The third kappa shape index (κ3) is 3.16. The predicted octanol–water partition coefficient (Wildman–Crippen LogP) is 4.65. The highest BCUT2D eigenvalue weighted by Gasteiger charge is 2.25. The molecule has 0 spiro atoms. The Kier molecular flexibility index (Phi) is 4.94. The van der Waals surface area contributed by atoms with Gasteiger partial charge in [-0.25, -0.2) is 0 Å². The van der Waals surface area contributed by atoms with Gasteiger partial charge in [0.15, 0.2) is 5.78 Å². The second-order valence-corrected chi connectivity index (χ2v) is 6.67. The average molecular weight is 392 g/mol. The van der Waals surface area contributed by atoms with E-state index in [0.29, 0.717) is 32.7 Å². The number of methoxy groups -OCH3 is 1. The van der Waals surface area contributed by atoms with Gasteiger partial charge in [-0.2, -0.15) is 0 Å². The number of aryl methyl sites for hydroxylation is 1. The molecule has 0 aliphatic heterocycles. The number of rotatable bonds is 5. The molecule has 0 aliphatic carbocycles. The Balaban J connectivity index is 2.35. The molecule has 26 heavy (non-hydrogen) atoms. The summed E-state index contributed by atoms with van der Waals surface area (Å²) >= 11 is 12.2. The van der Waals surface area contributed by atoms with Gasteiger partial charge in [0.1, 0.15) is 5.75 Å². The first-order chi connectivity index (χ1) is 12.3. The van der Waals surface area contributed by atoms with E-state index in [9.17, 15) is 14.7 Å². The highest BCUT2D eigenvalue weighted by atomic mass is 35.5. The van der Waals surface area contributed by atoms with Crippen LogP contribution < -0.4 is 4.74 Å². The van der Waals surface area contributed by atoms with Crippen molar-refractivity contribution < 1.29 is 19.4 Å². The summed E-state index contributed by atoms with van der Waals surface area (Å²) in [6.07, 6.45) is -0.225. The minimum atomic E-state index is -0.993. The molecule has 0 atom stereocenters. The molecule has 0 radical (unpaired) electrons. The number of fused-ring (bicyclic) bond motifs is 1. The standard InChI is InChI=1S/C19H15Cl2NO4/c1-9-12(7-15(23)24)16-14(22-9)8-13(21)19(26-2)17(16)18(25)10-3-5-11(20)6-4-10/h3-6,8,22H,7H2,1-2H3,(H,23,24). The first-order valence-corrected chi connectivity index (χ1v) is 8.48. The van der Waals surface area contributed by atoms with Gasteiger partial charge in [0, 0.05) is 27.2 Å². The second-order valence-electron chi connectivity index (χ2n) is 5.82. The zero-order valence-corrected chi connectivity index (χ0v) is 15.5. The van der Waals surface area contributed by atoms with Gasteiger partial charge in [-0.15, -0.1) is 0 Å². The number of carbonyl (C=O) groups excluding carboxylic acids is 1. The number of ketones is 1. The topological polar surface area (TPSA) is 79.4 Å². The van der Waals surface area contributed by atoms with Gasteiger partial charge in [-0.05, 0) is 42.8 Å². The van der Waals surface area contributed by atoms with Crippen molar-refractivity contribution in [1.29, 1.82) is 0 Å². The van der Waals surface area contributed by atoms with E-state index in [1.807, 2.05) is 0 Å². The molecule has 1 aromatic heterocycles. The Bertz CT molecular complexity index is 1020. The maximum Gasteiger partial charge on any atom is 0.307 e. The van der Waals surface area contributed by atoms with E-state index in [-0.39, 0.29) is 28.5 Å². The van der Waals surface area contributed by atoms with E-state index in [1.165, 1.54) is 7.11 Å². The number of ether oxygens (including phenoxy) is 1. The molecule has 0 bridgehead atoms. The predicted molar refractivity (Wildman–Crippen MR) is 101 cm³/mol. The van der Waals surface area contributed by atoms with Gasteiger partial charge in [0.2, 0.25) is 0 Å². The van der Waals surface area contributed by atoms with E-state index in [0.717, 1.165) is 0 Å². The Labute approximate surface area is 159 Å². The molecule has 7 heteroatoms. The number of hydrogen-bond donors (Lipinski definition) is 2. The Morgan fingerprint density at radius 2 is 1.85 bits per heavy atom. The van der Waals surface area contributed by atoms with Crippen molar-refractivity contribution in [2.24, 2.45) is 0 Å². The first-order valence-electron chi connectivity index (χ1n) is 7.73. The molecular formula is C19H15Cl2NO4. The summed E-state index contributed by atoms with van der Waals surface area (Å²) in [6.45, 7) is 1.76. The lowest BCUT2D eigenvalue weighted by atomic mass is 9.95. The molecule has 0 unspecified atom stereocenters. The van der Waals surface area contributed by atoms with Crippen LogP contribution in [0.2, 0.25) is 10.0 Å². The van der Waals surface area contributed by atoms with E-state index >= 15 is 0 Å². The summed E-state index contributed by atoms with van der Waals surface area (Å²) < 4.78 is 5.38. The molecule has 134 valence electrons. The SMILES string of the molecule is COc1c(Cl)cc2[nH]c(C)c(CC(=O)O)c2c1C(=O)c1ccc(Cl)cc1. The van der Waals surface area contributed by atoms with Crippen molar-refractivity contribution in [2.45, 2.75) is 13.3 Å². The van der Waals surface area contributed by atoms with Gasteiger partial charge in [0.05, 0.1) is 24.1 Å². The molecule has 0 aliphatic rings. The summed E-state index contributed by atoms with van der Waals surface area (Å²) in [5.74, 6) is -1.10. The molecule has 2 aromatic carbocycles. The lowest BCUT2D eigenvalue weighted by Gasteiger charge is -2.13. The van der Waals surface area contributed by atoms with Crippen LogP contribution in [0.1, 0.15) is 27.2 Å². The van der Waals surface area contributed by atoms with Crippen molar-refractivity contribution in [3.8, 4) is 5.75 Å². The molecule has 0 fully saturated rings. The number of carboxylic acid groups (broad SMARTS) is 1. The van der Waals surface area contributed by atoms with Crippen molar-refractivity contribution in [2.75, 3.05) is 7.11 Å². The highest BCUT2D eigenvalue weighted by molar-refractivity contribution is 6.35. The lowest BCUT2D eigenvalue weighted by Crippen LogP contribution is -2.08. The van der Waals surface area contributed by atoms with Crippen LogP contribution >= 0.6 is 23.2 Å². The number of hydrogen-bond acceptors (Lipinski definition) is 3. The summed E-state index contributed by atoms with van der Waals surface area (Å²) in [5.41, 5.74) is 2.41. The molecule has 5 nitrogen and oxygen atoms in total.